The second-order valence-corrected chi connectivity index (χ2v) is 6.20. The van der Waals surface area contributed by atoms with Gasteiger partial charge in [0.05, 0.1) is 0 Å². The Balaban J connectivity index is 0.00000161. The summed E-state index contributed by atoms with van der Waals surface area (Å²) in [7, 11) is 0. The quantitative estimate of drug-likeness (QED) is 0.865. The van der Waals surface area contributed by atoms with E-state index >= 15 is 0 Å². The van der Waals surface area contributed by atoms with Crippen LogP contribution in [0.2, 0.25) is 0 Å². The first-order valence-electron chi connectivity index (χ1n) is 7.79. The molecule has 0 radical (unpaired) electrons. The lowest BCUT2D eigenvalue weighted by molar-refractivity contribution is -0.123. The van der Waals surface area contributed by atoms with Gasteiger partial charge in [-0.2, -0.15) is 0 Å². The molecule has 1 amide bonds. The number of halogens is 1. The van der Waals surface area contributed by atoms with Crippen molar-refractivity contribution in [2.24, 2.45) is 5.92 Å². The Labute approximate surface area is 133 Å². The van der Waals surface area contributed by atoms with Crippen LogP contribution in [0.3, 0.4) is 0 Å². The Morgan fingerprint density at radius 3 is 2.67 bits per heavy atom. The molecule has 0 bridgehead atoms. The van der Waals surface area contributed by atoms with Gasteiger partial charge in [0.2, 0.25) is 5.91 Å². The highest BCUT2D eigenvalue weighted by Gasteiger charge is 2.30. The molecule has 21 heavy (non-hydrogen) atoms. The molecule has 3 nitrogen and oxygen atoms in total. The molecule has 1 saturated heterocycles. The number of anilines is 1. The summed E-state index contributed by atoms with van der Waals surface area (Å²) in [5.74, 6) is 0.556. The van der Waals surface area contributed by atoms with E-state index in [9.17, 15) is 4.79 Å². The number of nitrogens with zero attached hydrogens (tertiary/aromatic N) is 1. The predicted molar refractivity (Wildman–Crippen MR) is 89.4 cm³/mol. The maximum atomic E-state index is 12.8. The molecule has 0 aromatic heterocycles. The van der Waals surface area contributed by atoms with Crippen LogP contribution >= 0.6 is 12.4 Å². The van der Waals surface area contributed by atoms with Gasteiger partial charge in [0.1, 0.15) is 0 Å². The molecule has 1 aromatic rings. The second kappa shape index (κ2) is 6.80. The number of nitrogens with one attached hydrogen (secondary N) is 1. The third kappa shape index (κ3) is 3.24. The molecule has 3 rings (SSSR count). The zero-order valence-electron chi connectivity index (χ0n) is 12.9. The highest BCUT2D eigenvalue weighted by atomic mass is 35.5. The zero-order valence-corrected chi connectivity index (χ0v) is 13.8. The largest absolute Gasteiger partial charge is 0.317 e. The monoisotopic (exact) mass is 308 g/mol. The highest BCUT2D eigenvalue weighted by Crippen LogP contribution is 2.33. The first kappa shape index (κ1) is 16.3. The van der Waals surface area contributed by atoms with Gasteiger partial charge in [-0.15, -0.1) is 12.4 Å². The van der Waals surface area contributed by atoms with E-state index < -0.39 is 0 Å². The molecule has 116 valence electrons. The minimum Gasteiger partial charge on any atom is -0.317 e. The lowest BCUT2D eigenvalue weighted by Crippen LogP contribution is -2.43. The standard InChI is InChI=1S/C17H24N2O.ClH/c1-12-10-13(2)15-4-3-9-19(16(15)11-12)17(20)14-5-7-18-8-6-14;/h10-11,14,18H,3-9H2,1-2H3;1H. The fraction of sp³-hybridized carbons (Fsp3) is 0.588. The van der Waals surface area contributed by atoms with Crippen molar-refractivity contribution in [3.63, 3.8) is 0 Å². The van der Waals surface area contributed by atoms with Gasteiger partial charge in [0.25, 0.3) is 0 Å². The van der Waals surface area contributed by atoms with Crippen LogP contribution in [0.25, 0.3) is 0 Å². The number of benzene rings is 1. The number of piperidine rings is 1. The summed E-state index contributed by atoms with van der Waals surface area (Å²) in [4.78, 5) is 14.9. The topological polar surface area (TPSA) is 32.3 Å². The summed E-state index contributed by atoms with van der Waals surface area (Å²) in [5.41, 5.74) is 5.15. The number of carbonyl (C=O) groups is 1. The maximum Gasteiger partial charge on any atom is 0.230 e. The van der Waals surface area contributed by atoms with Crippen molar-refractivity contribution in [1.29, 1.82) is 0 Å². The van der Waals surface area contributed by atoms with Gasteiger partial charge in [-0.25, -0.2) is 0 Å². The molecule has 1 fully saturated rings. The first-order valence-corrected chi connectivity index (χ1v) is 7.79. The lowest BCUT2D eigenvalue weighted by atomic mass is 9.91. The van der Waals surface area contributed by atoms with Crippen molar-refractivity contribution in [2.45, 2.75) is 39.5 Å². The van der Waals surface area contributed by atoms with Crippen LogP contribution < -0.4 is 10.2 Å². The number of carbonyl (C=O) groups excluding carboxylic acids is 1. The van der Waals surface area contributed by atoms with Crippen LogP contribution in [0.4, 0.5) is 5.69 Å². The van der Waals surface area contributed by atoms with Gasteiger partial charge < -0.3 is 10.2 Å². The molecular formula is C17H25ClN2O. The third-order valence-corrected chi connectivity index (χ3v) is 4.65. The van der Waals surface area contributed by atoms with E-state index in [-0.39, 0.29) is 18.3 Å². The fourth-order valence-corrected chi connectivity index (χ4v) is 3.59. The van der Waals surface area contributed by atoms with Crippen LogP contribution in [-0.2, 0) is 11.2 Å². The van der Waals surface area contributed by atoms with Crippen LogP contribution in [-0.4, -0.2) is 25.5 Å². The zero-order chi connectivity index (χ0) is 14.1. The van der Waals surface area contributed by atoms with E-state index in [4.69, 9.17) is 0 Å². The van der Waals surface area contributed by atoms with Crippen molar-refractivity contribution in [1.82, 2.24) is 5.32 Å². The van der Waals surface area contributed by atoms with Gasteiger partial charge in [-0.1, -0.05) is 6.07 Å². The van der Waals surface area contributed by atoms with Crippen molar-refractivity contribution in [3.8, 4) is 0 Å². The van der Waals surface area contributed by atoms with Crippen LogP contribution in [0.15, 0.2) is 12.1 Å². The minimum absolute atomic E-state index is 0. The summed E-state index contributed by atoms with van der Waals surface area (Å²) >= 11 is 0. The molecule has 0 atom stereocenters. The summed E-state index contributed by atoms with van der Waals surface area (Å²) in [5, 5.41) is 3.34. The Morgan fingerprint density at radius 1 is 1.24 bits per heavy atom. The van der Waals surface area contributed by atoms with E-state index in [1.54, 1.807) is 0 Å². The number of fused-ring (bicyclic) bond motifs is 1. The van der Waals surface area contributed by atoms with Gasteiger partial charge in [0.15, 0.2) is 0 Å². The second-order valence-electron chi connectivity index (χ2n) is 6.20. The molecule has 2 aliphatic heterocycles. The van der Waals surface area contributed by atoms with E-state index in [1.165, 1.54) is 22.4 Å². The van der Waals surface area contributed by atoms with E-state index in [1.807, 2.05) is 0 Å². The Morgan fingerprint density at radius 2 is 1.95 bits per heavy atom. The Bertz CT molecular complexity index is 524. The molecule has 2 heterocycles. The minimum atomic E-state index is 0. The van der Waals surface area contributed by atoms with E-state index in [0.717, 1.165) is 45.3 Å². The molecule has 0 aliphatic carbocycles. The summed E-state index contributed by atoms with van der Waals surface area (Å²) in [6.45, 7) is 7.13. The molecule has 2 aliphatic rings. The number of amides is 1. The van der Waals surface area contributed by atoms with Crippen LogP contribution in [0.5, 0.6) is 0 Å². The third-order valence-electron chi connectivity index (χ3n) is 4.65. The van der Waals surface area contributed by atoms with Gasteiger partial charge in [0, 0.05) is 18.2 Å². The number of hydrogen-bond acceptors (Lipinski definition) is 2. The first-order chi connectivity index (χ1) is 9.66. The fourth-order valence-electron chi connectivity index (χ4n) is 3.59. The van der Waals surface area contributed by atoms with Crippen LogP contribution in [0, 0.1) is 19.8 Å². The Hall–Kier alpha value is -1.06. The molecule has 4 heteroatoms. The number of aryl methyl sites for hydroxylation is 2. The highest BCUT2D eigenvalue weighted by molar-refractivity contribution is 5.96. The van der Waals surface area contributed by atoms with E-state index in [0.29, 0.717) is 5.91 Å². The lowest BCUT2D eigenvalue weighted by Gasteiger charge is -2.34. The van der Waals surface area contributed by atoms with Gasteiger partial charge in [-0.3, -0.25) is 4.79 Å². The number of hydrogen-bond donors (Lipinski definition) is 1. The number of rotatable bonds is 1. The van der Waals surface area contributed by atoms with Gasteiger partial charge in [-0.05, 0) is 75.4 Å². The summed E-state index contributed by atoms with van der Waals surface area (Å²) in [6, 6.07) is 4.43. The van der Waals surface area contributed by atoms with Crippen molar-refractivity contribution < 1.29 is 4.79 Å². The average molecular weight is 309 g/mol. The maximum absolute atomic E-state index is 12.8. The van der Waals surface area contributed by atoms with Gasteiger partial charge >= 0.3 is 0 Å². The van der Waals surface area contributed by atoms with E-state index in [2.05, 4.69) is 36.2 Å². The molecule has 1 N–H and O–H groups in total. The SMILES string of the molecule is Cc1cc(C)c2c(c1)N(C(=O)C1CCNCC1)CCC2.Cl. The molecule has 0 spiro atoms. The van der Waals surface area contributed by atoms with Crippen LogP contribution in [0.1, 0.15) is 36.0 Å². The summed E-state index contributed by atoms with van der Waals surface area (Å²) in [6.07, 6.45) is 4.16. The average Bonchev–Trinajstić information content (AvgIpc) is 2.47. The summed E-state index contributed by atoms with van der Waals surface area (Å²) < 4.78 is 0. The smallest absolute Gasteiger partial charge is 0.230 e. The normalized spacial score (nSPS) is 18.9. The molecule has 0 unspecified atom stereocenters. The Kier molecular flexibility index (Phi) is 5.28. The van der Waals surface area contributed by atoms with Crippen molar-refractivity contribution >= 4 is 24.0 Å². The van der Waals surface area contributed by atoms with Crippen molar-refractivity contribution in [3.05, 3.63) is 28.8 Å². The predicted octanol–water partition coefficient (Wildman–Crippen LogP) is 3.00. The molecular weight excluding hydrogens is 284 g/mol. The molecule has 0 saturated carbocycles. The van der Waals surface area contributed by atoms with Crippen molar-refractivity contribution in [2.75, 3.05) is 24.5 Å². The molecule has 1 aromatic carbocycles.